The molecule has 0 spiro atoms. The van der Waals surface area contributed by atoms with Gasteiger partial charge >= 0.3 is 0 Å². The first kappa shape index (κ1) is 19.3. The molecule has 0 fully saturated rings. The first-order valence-corrected chi connectivity index (χ1v) is 7.82. The largest absolute Gasteiger partial charge is 0.370 e. The predicted octanol–water partition coefficient (Wildman–Crippen LogP) is 2.47. The van der Waals surface area contributed by atoms with Crippen LogP contribution in [0.25, 0.3) is 0 Å². The summed E-state index contributed by atoms with van der Waals surface area (Å²) in [4.78, 5) is 30.5. The summed E-state index contributed by atoms with van der Waals surface area (Å²) in [6.07, 6.45) is 1.34. The average Bonchev–Trinajstić information content (AvgIpc) is 2.63. The Bertz CT molecular complexity index is 828. The highest BCUT2D eigenvalue weighted by atomic mass is 35.5. The monoisotopic (exact) mass is 378 g/mol. The van der Waals surface area contributed by atoms with Crippen LogP contribution in [0.2, 0.25) is 5.02 Å². The van der Waals surface area contributed by atoms with Gasteiger partial charge in [0.15, 0.2) is 5.96 Å². The minimum Gasteiger partial charge on any atom is -0.370 e. The molecule has 1 aromatic heterocycles. The molecule has 10 heteroatoms. The number of rotatable bonds is 6. The molecule has 4 N–H and O–H groups in total. The van der Waals surface area contributed by atoms with Gasteiger partial charge in [-0.15, -0.1) is 0 Å². The summed E-state index contributed by atoms with van der Waals surface area (Å²) in [5.74, 6) is -1.05. The van der Waals surface area contributed by atoms with Gasteiger partial charge in [-0.05, 0) is 30.3 Å². The summed E-state index contributed by atoms with van der Waals surface area (Å²) >= 11 is 5.74. The molecule has 0 aliphatic heterocycles. The summed E-state index contributed by atoms with van der Waals surface area (Å²) in [5.41, 5.74) is 6.15. The Labute approximate surface area is 153 Å². The van der Waals surface area contributed by atoms with Gasteiger partial charge in [0, 0.05) is 24.5 Å². The molecule has 1 heterocycles. The average molecular weight is 379 g/mol. The van der Waals surface area contributed by atoms with Crippen LogP contribution in [0.1, 0.15) is 22.1 Å². The van der Waals surface area contributed by atoms with Crippen LogP contribution >= 0.6 is 11.6 Å². The van der Waals surface area contributed by atoms with Gasteiger partial charge in [-0.3, -0.25) is 9.79 Å². The lowest BCUT2D eigenvalue weighted by molar-refractivity contribution is 0.102. The van der Waals surface area contributed by atoms with Crippen LogP contribution in [0.5, 0.6) is 0 Å². The highest BCUT2D eigenvalue weighted by Crippen LogP contribution is 2.22. The maximum absolute atomic E-state index is 14.2. The number of amides is 1. The quantitative estimate of drug-likeness (QED) is 0.405. The van der Waals surface area contributed by atoms with Crippen LogP contribution in [0.3, 0.4) is 0 Å². The summed E-state index contributed by atoms with van der Waals surface area (Å²) in [6.45, 7) is -0.275. The molecule has 1 unspecified atom stereocenters. The van der Waals surface area contributed by atoms with Crippen LogP contribution < -0.4 is 16.4 Å². The molecule has 2 rings (SSSR count). The highest BCUT2D eigenvalue weighted by Gasteiger charge is 2.18. The number of carbonyl (C=O) groups excluding carboxylic acids is 1. The lowest BCUT2D eigenvalue weighted by Crippen LogP contribution is -2.36. The van der Waals surface area contributed by atoms with Crippen molar-refractivity contribution in [1.82, 2.24) is 10.3 Å². The molecule has 1 amide bonds. The summed E-state index contributed by atoms with van der Waals surface area (Å²) in [6, 6.07) is 6.09. The van der Waals surface area contributed by atoms with Crippen molar-refractivity contribution >= 4 is 29.2 Å². The van der Waals surface area contributed by atoms with E-state index in [0.717, 1.165) is 0 Å². The van der Waals surface area contributed by atoms with Crippen molar-refractivity contribution in [2.45, 2.75) is 6.04 Å². The molecule has 0 bridgehead atoms. The molecule has 1 atom stereocenters. The van der Waals surface area contributed by atoms with Crippen molar-refractivity contribution in [2.24, 2.45) is 15.9 Å². The smallest absolute Gasteiger partial charge is 0.274 e. The van der Waals surface area contributed by atoms with Crippen LogP contribution in [0.4, 0.5) is 10.1 Å². The first-order chi connectivity index (χ1) is 12.4. The predicted molar refractivity (Wildman–Crippen MR) is 97.7 cm³/mol. The van der Waals surface area contributed by atoms with Crippen molar-refractivity contribution in [1.29, 1.82) is 0 Å². The van der Waals surface area contributed by atoms with E-state index in [1.54, 1.807) is 0 Å². The number of hydrogen-bond donors (Lipinski definition) is 3. The number of nitrogens with zero attached hydrogens (tertiary/aromatic N) is 3. The minimum atomic E-state index is -0.832. The standard InChI is InChI=1S/C16H16ClFN6O2/c1-20-16(19)24-14(8-22-26)11-6-10(3-4-12(11)18)23-15(25)13-5-2-9(17)7-21-13/h2-7,14H,8H2,1H3,(H,23,25)(H3,19,20,24). The number of aromatic nitrogens is 1. The number of anilines is 1. The fraction of sp³-hybridized carbons (Fsp3) is 0.188. The molecule has 26 heavy (non-hydrogen) atoms. The topological polar surface area (TPSA) is 122 Å². The first-order valence-electron chi connectivity index (χ1n) is 7.45. The van der Waals surface area contributed by atoms with Gasteiger partial charge in [0.25, 0.3) is 5.91 Å². The molecular weight excluding hydrogens is 363 g/mol. The lowest BCUT2D eigenvalue weighted by Gasteiger charge is -2.18. The molecular formula is C16H16ClFN6O2. The van der Waals surface area contributed by atoms with E-state index in [1.807, 2.05) is 0 Å². The summed E-state index contributed by atoms with van der Waals surface area (Å²) in [5, 5.41) is 8.48. The Hall–Kier alpha value is -3.07. The van der Waals surface area contributed by atoms with Gasteiger partial charge in [0.05, 0.1) is 11.1 Å². The summed E-state index contributed by atoms with van der Waals surface area (Å²) in [7, 11) is 1.44. The molecule has 0 aliphatic carbocycles. The van der Waals surface area contributed by atoms with E-state index in [0.29, 0.717) is 10.7 Å². The second-order valence-electron chi connectivity index (χ2n) is 5.17. The Morgan fingerprint density at radius 2 is 2.15 bits per heavy atom. The number of benzene rings is 1. The number of aliphatic imine (C=N–C) groups is 1. The molecule has 0 aliphatic rings. The molecule has 0 radical (unpaired) electrons. The number of pyridine rings is 1. The highest BCUT2D eigenvalue weighted by molar-refractivity contribution is 6.30. The number of halogens is 2. The van der Waals surface area contributed by atoms with E-state index < -0.39 is 17.8 Å². The van der Waals surface area contributed by atoms with Crippen molar-refractivity contribution in [3.05, 3.63) is 63.5 Å². The van der Waals surface area contributed by atoms with Gasteiger partial charge in [-0.1, -0.05) is 16.8 Å². The lowest BCUT2D eigenvalue weighted by atomic mass is 10.1. The number of guanidine groups is 1. The van der Waals surface area contributed by atoms with E-state index in [4.69, 9.17) is 17.3 Å². The second-order valence-corrected chi connectivity index (χ2v) is 5.61. The maximum atomic E-state index is 14.2. The van der Waals surface area contributed by atoms with Crippen LogP contribution in [0, 0.1) is 10.7 Å². The number of nitrogens with one attached hydrogen (secondary N) is 2. The molecule has 2 aromatic rings. The normalized spacial score (nSPS) is 12.3. The maximum Gasteiger partial charge on any atom is 0.274 e. The third kappa shape index (κ3) is 4.96. The van der Waals surface area contributed by atoms with Crippen molar-refractivity contribution < 1.29 is 9.18 Å². The van der Waals surface area contributed by atoms with E-state index in [9.17, 15) is 14.1 Å². The van der Waals surface area contributed by atoms with E-state index in [2.05, 4.69) is 25.8 Å². The Morgan fingerprint density at radius 1 is 1.38 bits per heavy atom. The SMILES string of the molecule is CN=C(N)NC(CN=O)c1cc(NC(=O)c2ccc(Cl)cn2)ccc1F. The third-order valence-corrected chi connectivity index (χ3v) is 3.63. The van der Waals surface area contributed by atoms with Gasteiger partial charge in [0.1, 0.15) is 18.1 Å². The van der Waals surface area contributed by atoms with E-state index in [1.165, 1.54) is 43.6 Å². The van der Waals surface area contributed by atoms with Crippen LogP contribution in [-0.2, 0) is 0 Å². The summed E-state index contributed by atoms with van der Waals surface area (Å²) < 4.78 is 14.2. The van der Waals surface area contributed by atoms with Crippen molar-refractivity contribution in [3.63, 3.8) is 0 Å². The fourth-order valence-electron chi connectivity index (χ4n) is 2.13. The zero-order chi connectivity index (χ0) is 19.1. The zero-order valence-corrected chi connectivity index (χ0v) is 14.5. The Morgan fingerprint density at radius 3 is 2.77 bits per heavy atom. The number of nitroso groups, excluding NO2 is 1. The van der Waals surface area contributed by atoms with Gasteiger partial charge < -0.3 is 16.4 Å². The fourth-order valence-corrected chi connectivity index (χ4v) is 2.24. The Kier molecular flexibility index (Phi) is 6.56. The molecule has 1 aromatic carbocycles. The van der Waals surface area contributed by atoms with Gasteiger partial charge in [0.2, 0.25) is 0 Å². The van der Waals surface area contributed by atoms with E-state index in [-0.39, 0.29) is 23.8 Å². The molecule has 8 nitrogen and oxygen atoms in total. The van der Waals surface area contributed by atoms with Crippen molar-refractivity contribution in [2.75, 3.05) is 18.9 Å². The number of carbonyl (C=O) groups is 1. The van der Waals surface area contributed by atoms with Crippen LogP contribution in [0.15, 0.2) is 46.7 Å². The Balaban J connectivity index is 2.25. The molecule has 0 saturated heterocycles. The van der Waals surface area contributed by atoms with Crippen molar-refractivity contribution in [3.8, 4) is 0 Å². The number of nitrogens with two attached hydrogens (primary N) is 1. The van der Waals surface area contributed by atoms with Gasteiger partial charge in [-0.2, -0.15) is 4.91 Å². The minimum absolute atomic E-state index is 0.0258. The number of hydrogen-bond acceptors (Lipinski definition) is 5. The zero-order valence-electron chi connectivity index (χ0n) is 13.7. The second kappa shape index (κ2) is 8.86. The molecule has 0 saturated carbocycles. The van der Waals surface area contributed by atoms with Gasteiger partial charge in [-0.25, -0.2) is 9.37 Å². The third-order valence-electron chi connectivity index (χ3n) is 3.41. The van der Waals surface area contributed by atoms with Crippen LogP contribution in [-0.4, -0.2) is 30.4 Å². The molecule has 136 valence electrons. The van der Waals surface area contributed by atoms with E-state index >= 15 is 0 Å².